The van der Waals surface area contributed by atoms with Crippen molar-refractivity contribution in [2.45, 2.75) is 30.9 Å². The fraction of sp³-hybridized carbons (Fsp3) is 0.250. The van der Waals surface area contributed by atoms with Gasteiger partial charge in [0, 0.05) is 17.0 Å². The van der Waals surface area contributed by atoms with Crippen LogP contribution in [0.4, 0.5) is 0 Å². The number of thioether (sulfide) groups is 1. The lowest BCUT2D eigenvalue weighted by molar-refractivity contribution is 0.620. The number of nitrogens with two attached hydrogens (primary N) is 1. The first kappa shape index (κ1) is 15.9. The summed E-state index contributed by atoms with van der Waals surface area (Å²) in [6, 6.07) is 20.9. The van der Waals surface area contributed by atoms with Crippen molar-refractivity contribution in [1.82, 2.24) is 0 Å². The molecular weight excluding hydrogens is 300 g/mol. The normalized spacial score (nSPS) is 20.3. The standard InChI is InChI=1S/C20H22N2S/c21-19-13-17(16-9-5-2-6-10-16)11-12-18(19)20(22)23-14-15-7-3-1-4-8-15/h1-10,17,21H,11-14,22H2. The minimum absolute atomic E-state index is 0.458. The zero-order chi connectivity index (χ0) is 16.1. The van der Waals surface area contributed by atoms with Crippen molar-refractivity contribution in [2.75, 3.05) is 0 Å². The maximum Gasteiger partial charge on any atom is 0.0709 e. The molecule has 0 spiro atoms. The highest BCUT2D eigenvalue weighted by atomic mass is 32.2. The second-order valence-electron chi connectivity index (χ2n) is 5.95. The monoisotopic (exact) mass is 322 g/mol. The fourth-order valence-corrected chi connectivity index (χ4v) is 3.96. The zero-order valence-corrected chi connectivity index (χ0v) is 14.0. The van der Waals surface area contributed by atoms with Gasteiger partial charge >= 0.3 is 0 Å². The van der Waals surface area contributed by atoms with Gasteiger partial charge in [-0.2, -0.15) is 0 Å². The molecule has 118 valence electrons. The Kier molecular flexibility index (Phi) is 5.19. The van der Waals surface area contributed by atoms with E-state index in [1.165, 1.54) is 11.1 Å². The van der Waals surface area contributed by atoms with Crippen molar-refractivity contribution in [3.8, 4) is 0 Å². The van der Waals surface area contributed by atoms with Gasteiger partial charge in [0.2, 0.25) is 0 Å². The van der Waals surface area contributed by atoms with Crippen LogP contribution in [0.15, 0.2) is 71.3 Å². The lowest BCUT2D eigenvalue weighted by atomic mass is 9.81. The Bertz CT molecular complexity index is 692. The lowest BCUT2D eigenvalue weighted by Gasteiger charge is -2.26. The van der Waals surface area contributed by atoms with E-state index in [0.29, 0.717) is 11.6 Å². The van der Waals surface area contributed by atoms with Crippen LogP contribution in [0.2, 0.25) is 0 Å². The van der Waals surface area contributed by atoms with Crippen molar-refractivity contribution in [2.24, 2.45) is 5.73 Å². The third kappa shape index (κ3) is 4.05. The van der Waals surface area contributed by atoms with Crippen molar-refractivity contribution in [3.05, 3.63) is 82.4 Å². The Hall–Kier alpha value is -2.00. The quantitative estimate of drug-likeness (QED) is 0.825. The average molecular weight is 322 g/mol. The summed E-state index contributed by atoms with van der Waals surface area (Å²) in [5.41, 5.74) is 10.6. The average Bonchev–Trinajstić information content (AvgIpc) is 2.61. The predicted molar refractivity (Wildman–Crippen MR) is 99.7 cm³/mol. The van der Waals surface area contributed by atoms with Crippen LogP contribution >= 0.6 is 11.8 Å². The molecule has 0 heterocycles. The van der Waals surface area contributed by atoms with Gasteiger partial charge in [0.15, 0.2) is 0 Å². The van der Waals surface area contributed by atoms with Crippen LogP contribution in [0.25, 0.3) is 0 Å². The molecule has 3 rings (SSSR count). The van der Waals surface area contributed by atoms with Crippen LogP contribution in [-0.4, -0.2) is 5.71 Å². The molecule has 3 heteroatoms. The van der Waals surface area contributed by atoms with E-state index in [1.54, 1.807) is 11.8 Å². The molecule has 1 saturated carbocycles. The smallest absolute Gasteiger partial charge is 0.0709 e. The second-order valence-corrected chi connectivity index (χ2v) is 6.96. The number of rotatable bonds is 4. The first-order valence-corrected chi connectivity index (χ1v) is 9.00. The number of allylic oxidation sites excluding steroid dienone is 1. The molecule has 1 unspecified atom stereocenters. The van der Waals surface area contributed by atoms with Crippen molar-refractivity contribution < 1.29 is 0 Å². The van der Waals surface area contributed by atoms with E-state index in [4.69, 9.17) is 11.1 Å². The van der Waals surface area contributed by atoms with Gasteiger partial charge in [0.05, 0.1) is 5.03 Å². The summed E-state index contributed by atoms with van der Waals surface area (Å²) in [4.78, 5) is 0. The van der Waals surface area contributed by atoms with Crippen LogP contribution in [0.1, 0.15) is 36.3 Å². The SMILES string of the molecule is N=C1CC(c2ccccc2)CCC1=C(N)SCc1ccccc1. The maximum atomic E-state index is 8.39. The molecule has 0 aromatic heterocycles. The molecule has 1 aliphatic carbocycles. The van der Waals surface area contributed by atoms with Crippen LogP contribution in [-0.2, 0) is 5.75 Å². The zero-order valence-electron chi connectivity index (χ0n) is 13.2. The number of nitrogens with one attached hydrogen (secondary N) is 1. The van der Waals surface area contributed by atoms with E-state index in [9.17, 15) is 0 Å². The van der Waals surface area contributed by atoms with E-state index >= 15 is 0 Å². The second kappa shape index (κ2) is 7.51. The molecular formula is C20H22N2S. The van der Waals surface area contributed by atoms with Gasteiger partial charge in [-0.15, -0.1) is 11.8 Å². The highest BCUT2D eigenvalue weighted by Gasteiger charge is 2.24. The Morgan fingerprint density at radius 1 is 1.04 bits per heavy atom. The fourth-order valence-electron chi connectivity index (χ4n) is 3.05. The minimum atomic E-state index is 0.458. The van der Waals surface area contributed by atoms with E-state index in [-0.39, 0.29) is 0 Å². The third-order valence-corrected chi connectivity index (χ3v) is 5.40. The van der Waals surface area contributed by atoms with Gasteiger partial charge in [-0.3, -0.25) is 0 Å². The lowest BCUT2D eigenvalue weighted by Crippen LogP contribution is -2.19. The van der Waals surface area contributed by atoms with Gasteiger partial charge in [0.25, 0.3) is 0 Å². The first-order valence-electron chi connectivity index (χ1n) is 8.02. The summed E-state index contributed by atoms with van der Waals surface area (Å²) in [7, 11) is 0. The summed E-state index contributed by atoms with van der Waals surface area (Å²) in [6.07, 6.45) is 2.78. The molecule has 0 amide bonds. The van der Waals surface area contributed by atoms with E-state index in [0.717, 1.165) is 35.6 Å². The largest absolute Gasteiger partial charge is 0.393 e. The number of hydrogen-bond donors (Lipinski definition) is 2. The highest BCUT2D eigenvalue weighted by Crippen LogP contribution is 2.36. The van der Waals surface area contributed by atoms with E-state index < -0.39 is 0 Å². The first-order chi connectivity index (χ1) is 11.2. The maximum absolute atomic E-state index is 8.39. The molecule has 1 fully saturated rings. The van der Waals surface area contributed by atoms with Crippen molar-refractivity contribution in [1.29, 1.82) is 5.41 Å². The summed E-state index contributed by atoms with van der Waals surface area (Å²) in [5, 5.41) is 9.21. The van der Waals surface area contributed by atoms with E-state index in [2.05, 4.69) is 36.4 Å². The Morgan fingerprint density at radius 3 is 2.35 bits per heavy atom. The molecule has 2 aromatic carbocycles. The Morgan fingerprint density at radius 2 is 1.70 bits per heavy atom. The molecule has 3 N–H and O–H groups in total. The molecule has 0 radical (unpaired) electrons. The minimum Gasteiger partial charge on any atom is -0.393 e. The Labute approximate surface area is 142 Å². The van der Waals surface area contributed by atoms with Gasteiger partial charge < -0.3 is 11.1 Å². The summed E-state index contributed by atoms with van der Waals surface area (Å²) in [5.74, 6) is 1.32. The highest BCUT2D eigenvalue weighted by molar-refractivity contribution is 8.02. The molecule has 0 aliphatic heterocycles. The van der Waals surface area contributed by atoms with Gasteiger partial charge in [-0.25, -0.2) is 0 Å². The number of benzene rings is 2. The summed E-state index contributed by atoms with van der Waals surface area (Å²) >= 11 is 1.65. The van der Waals surface area contributed by atoms with Gasteiger partial charge in [-0.1, -0.05) is 60.7 Å². The predicted octanol–water partition coefficient (Wildman–Crippen LogP) is 5.08. The van der Waals surface area contributed by atoms with Crippen LogP contribution in [0, 0.1) is 5.41 Å². The van der Waals surface area contributed by atoms with Crippen LogP contribution in [0.5, 0.6) is 0 Å². The van der Waals surface area contributed by atoms with Gasteiger partial charge in [-0.05, 0) is 36.3 Å². The summed E-state index contributed by atoms with van der Waals surface area (Å²) in [6.45, 7) is 0. The van der Waals surface area contributed by atoms with Crippen molar-refractivity contribution >= 4 is 17.5 Å². The molecule has 23 heavy (non-hydrogen) atoms. The Balaban J connectivity index is 1.64. The molecule has 0 saturated heterocycles. The third-order valence-electron chi connectivity index (χ3n) is 4.36. The van der Waals surface area contributed by atoms with Crippen LogP contribution < -0.4 is 5.73 Å². The van der Waals surface area contributed by atoms with E-state index in [1.807, 2.05) is 24.3 Å². The molecule has 0 bridgehead atoms. The number of hydrogen-bond acceptors (Lipinski definition) is 3. The van der Waals surface area contributed by atoms with Crippen LogP contribution in [0.3, 0.4) is 0 Å². The molecule has 1 atom stereocenters. The molecule has 2 nitrogen and oxygen atoms in total. The van der Waals surface area contributed by atoms with Crippen molar-refractivity contribution in [3.63, 3.8) is 0 Å². The molecule has 2 aromatic rings. The topological polar surface area (TPSA) is 49.9 Å². The molecule has 1 aliphatic rings. The van der Waals surface area contributed by atoms with Gasteiger partial charge in [0.1, 0.15) is 0 Å². The summed E-state index contributed by atoms with van der Waals surface area (Å²) < 4.78 is 0.